The topological polar surface area (TPSA) is 57.3 Å². The summed E-state index contributed by atoms with van der Waals surface area (Å²) in [6.45, 7) is 8.79. The largest absolute Gasteiger partial charge is 0.372 e. The van der Waals surface area contributed by atoms with Gasteiger partial charge in [0, 0.05) is 42.9 Å². The molecule has 5 heteroatoms. The van der Waals surface area contributed by atoms with Crippen molar-refractivity contribution >= 4 is 23.0 Å². The minimum absolute atomic E-state index is 0.186. The number of benzene rings is 2. The van der Waals surface area contributed by atoms with E-state index in [1.165, 1.54) is 5.69 Å². The van der Waals surface area contributed by atoms with E-state index in [1.807, 2.05) is 49.4 Å². The van der Waals surface area contributed by atoms with E-state index in [0.717, 1.165) is 35.6 Å². The Balaban J connectivity index is 1.64. The van der Waals surface area contributed by atoms with Gasteiger partial charge in [-0.2, -0.15) is 0 Å². The summed E-state index contributed by atoms with van der Waals surface area (Å²) in [4.78, 5) is 19.0. The van der Waals surface area contributed by atoms with E-state index >= 15 is 0 Å². The first kappa shape index (κ1) is 20.4. The lowest BCUT2D eigenvalue weighted by atomic mass is 10.1. The first-order valence-corrected chi connectivity index (χ1v) is 10.0. The Morgan fingerprint density at radius 3 is 2.38 bits per heavy atom. The van der Waals surface area contributed by atoms with Crippen LogP contribution in [0.3, 0.4) is 0 Å². The van der Waals surface area contributed by atoms with E-state index in [1.54, 1.807) is 12.3 Å². The van der Waals surface area contributed by atoms with Crippen LogP contribution in [0.4, 0.5) is 17.1 Å². The maximum Gasteiger partial charge on any atom is 0.270 e. The molecule has 0 unspecified atom stereocenters. The molecule has 0 saturated heterocycles. The Morgan fingerprint density at radius 2 is 1.69 bits per heavy atom. The van der Waals surface area contributed by atoms with Crippen LogP contribution >= 0.6 is 0 Å². The number of pyridine rings is 1. The number of nitrogens with one attached hydrogen (secondary N) is 2. The molecule has 3 rings (SSSR count). The van der Waals surface area contributed by atoms with Crippen molar-refractivity contribution in [3.63, 3.8) is 0 Å². The minimum Gasteiger partial charge on any atom is -0.372 e. The van der Waals surface area contributed by atoms with Crippen LogP contribution in [-0.4, -0.2) is 24.0 Å². The highest BCUT2D eigenvalue weighted by atomic mass is 16.1. The molecule has 150 valence electrons. The van der Waals surface area contributed by atoms with Crippen molar-refractivity contribution in [3.8, 4) is 0 Å². The van der Waals surface area contributed by atoms with Crippen LogP contribution in [0.15, 0.2) is 66.9 Å². The molecule has 29 heavy (non-hydrogen) atoms. The molecule has 1 amide bonds. The number of amides is 1. The van der Waals surface area contributed by atoms with Crippen LogP contribution in [0.5, 0.6) is 0 Å². The zero-order valence-corrected chi connectivity index (χ0v) is 17.3. The molecular weight excluding hydrogens is 360 g/mol. The predicted octanol–water partition coefficient (Wildman–Crippen LogP) is 4.91. The van der Waals surface area contributed by atoms with Crippen LogP contribution in [0.2, 0.25) is 0 Å². The number of hydrogen-bond donors (Lipinski definition) is 2. The fourth-order valence-corrected chi connectivity index (χ4v) is 3.22. The minimum atomic E-state index is -0.186. The third-order valence-electron chi connectivity index (χ3n) is 4.98. The van der Waals surface area contributed by atoms with E-state index < -0.39 is 0 Å². The molecular formula is C24H28N4O. The second kappa shape index (κ2) is 9.73. The van der Waals surface area contributed by atoms with Crippen molar-refractivity contribution < 1.29 is 4.79 Å². The van der Waals surface area contributed by atoms with Gasteiger partial charge in [0.15, 0.2) is 0 Å². The Morgan fingerprint density at radius 1 is 0.966 bits per heavy atom. The fraction of sp³-hybridized carbons (Fsp3) is 0.250. The number of carbonyl (C=O) groups is 1. The smallest absolute Gasteiger partial charge is 0.270 e. The molecule has 2 N–H and O–H groups in total. The van der Waals surface area contributed by atoms with E-state index in [-0.39, 0.29) is 5.91 Å². The molecule has 0 radical (unpaired) electrons. The Labute approximate surface area is 172 Å². The average molecular weight is 389 g/mol. The highest BCUT2D eigenvalue weighted by Gasteiger charge is 2.09. The van der Waals surface area contributed by atoms with Crippen molar-refractivity contribution in [3.05, 3.63) is 83.7 Å². The first-order chi connectivity index (χ1) is 14.1. The van der Waals surface area contributed by atoms with Gasteiger partial charge in [0.2, 0.25) is 0 Å². The van der Waals surface area contributed by atoms with Crippen molar-refractivity contribution in [2.45, 2.75) is 27.3 Å². The molecule has 0 spiro atoms. The van der Waals surface area contributed by atoms with Crippen LogP contribution in [0.25, 0.3) is 0 Å². The molecule has 1 aromatic heterocycles. The normalized spacial score (nSPS) is 10.4. The molecule has 0 aliphatic rings. The van der Waals surface area contributed by atoms with Crippen molar-refractivity contribution in [1.82, 2.24) is 10.3 Å². The zero-order chi connectivity index (χ0) is 20.6. The molecule has 0 saturated carbocycles. The number of aryl methyl sites for hydroxylation is 1. The molecule has 0 aliphatic heterocycles. The molecule has 5 nitrogen and oxygen atoms in total. The van der Waals surface area contributed by atoms with Gasteiger partial charge in [-0.25, -0.2) is 0 Å². The van der Waals surface area contributed by atoms with Crippen molar-refractivity contribution in [2.75, 3.05) is 23.3 Å². The highest BCUT2D eigenvalue weighted by molar-refractivity contribution is 5.93. The van der Waals surface area contributed by atoms with Gasteiger partial charge in [-0.15, -0.1) is 0 Å². The molecule has 1 heterocycles. The van der Waals surface area contributed by atoms with Gasteiger partial charge in [0.1, 0.15) is 5.69 Å². The van der Waals surface area contributed by atoms with Gasteiger partial charge in [-0.1, -0.05) is 24.3 Å². The maximum absolute atomic E-state index is 12.5. The first-order valence-electron chi connectivity index (χ1n) is 10.0. The highest BCUT2D eigenvalue weighted by Crippen LogP contribution is 2.21. The van der Waals surface area contributed by atoms with E-state index in [0.29, 0.717) is 12.2 Å². The molecule has 2 aromatic carbocycles. The van der Waals surface area contributed by atoms with Gasteiger partial charge in [-0.3, -0.25) is 9.78 Å². The lowest BCUT2D eigenvalue weighted by Gasteiger charge is -2.21. The summed E-state index contributed by atoms with van der Waals surface area (Å²) in [5.41, 5.74) is 5.65. The summed E-state index contributed by atoms with van der Waals surface area (Å²) in [5, 5.41) is 6.29. The zero-order valence-electron chi connectivity index (χ0n) is 17.3. The number of carbonyl (C=O) groups excluding carboxylic acids is 1. The number of anilines is 3. The quantitative estimate of drug-likeness (QED) is 0.576. The standard InChI is InChI=1S/C24H28N4O/c1-4-28(5-2)22-12-10-20(11-13-22)27-21-14-15-25-23(16-21)24(29)26-17-19-9-7-6-8-18(19)3/h6-16H,4-5,17H2,1-3H3,(H,25,27)(H,26,29). The third kappa shape index (κ3) is 5.35. The molecule has 0 bridgehead atoms. The van der Waals surface area contributed by atoms with Gasteiger partial charge in [-0.05, 0) is 68.3 Å². The van der Waals surface area contributed by atoms with E-state index in [2.05, 4.69) is 46.5 Å². The molecule has 0 aliphatic carbocycles. The number of hydrogen-bond acceptors (Lipinski definition) is 4. The summed E-state index contributed by atoms with van der Waals surface area (Å²) in [5.74, 6) is -0.186. The Hall–Kier alpha value is -3.34. The maximum atomic E-state index is 12.5. The second-order valence-electron chi connectivity index (χ2n) is 6.88. The Kier molecular flexibility index (Phi) is 6.85. The molecule has 3 aromatic rings. The van der Waals surface area contributed by atoms with Gasteiger partial charge < -0.3 is 15.5 Å². The van der Waals surface area contributed by atoms with Crippen LogP contribution in [0.1, 0.15) is 35.5 Å². The number of aromatic nitrogens is 1. The van der Waals surface area contributed by atoms with Crippen molar-refractivity contribution in [1.29, 1.82) is 0 Å². The monoisotopic (exact) mass is 388 g/mol. The van der Waals surface area contributed by atoms with Gasteiger partial charge >= 0.3 is 0 Å². The van der Waals surface area contributed by atoms with Crippen LogP contribution in [-0.2, 0) is 6.54 Å². The summed E-state index contributed by atoms with van der Waals surface area (Å²) in [6, 6.07) is 20.0. The SMILES string of the molecule is CCN(CC)c1ccc(Nc2ccnc(C(=O)NCc3ccccc3C)c2)cc1. The van der Waals surface area contributed by atoms with Gasteiger partial charge in [0.25, 0.3) is 5.91 Å². The fourth-order valence-electron chi connectivity index (χ4n) is 3.22. The molecule has 0 fully saturated rings. The average Bonchev–Trinajstić information content (AvgIpc) is 2.75. The second-order valence-corrected chi connectivity index (χ2v) is 6.88. The summed E-state index contributed by atoms with van der Waals surface area (Å²) >= 11 is 0. The van der Waals surface area contributed by atoms with Crippen LogP contribution in [0, 0.1) is 6.92 Å². The summed E-state index contributed by atoms with van der Waals surface area (Å²) in [6.07, 6.45) is 1.65. The van der Waals surface area contributed by atoms with E-state index in [4.69, 9.17) is 0 Å². The predicted molar refractivity (Wildman–Crippen MR) is 120 cm³/mol. The third-order valence-corrected chi connectivity index (χ3v) is 4.98. The summed E-state index contributed by atoms with van der Waals surface area (Å²) < 4.78 is 0. The van der Waals surface area contributed by atoms with Crippen LogP contribution < -0.4 is 15.5 Å². The lowest BCUT2D eigenvalue weighted by molar-refractivity contribution is 0.0946. The van der Waals surface area contributed by atoms with Crippen molar-refractivity contribution in [2.24, 2.45) is 0 Å². The van der Waals surface area contributed by atoms with E-state index in [9.17, 15) is 4.79 Å². The number of nitrogens with zero attached hydrogens (tertiary/aromatic N) is 2. The number of rotatable bonds is 8. The Bertz CT molecular complexity index is 949. The van der Waals surface area contributed by atoms with Gasteiger partial charge in [0.05, 0.1) is 0 Å². The summed E-state index contributed by atoms with van der Waals surface area (Å²) in [7, 11) is 0. The lowest BCUT2D eigenvalue weighted by Crippen LogP contribution is -2.24. The molecule has 0 atom stereocenters.